The molecule has 0 aliphatic carbocycles. The van der Waals surface area contributed by atoms with Gasteiger partial charge in [-0.05, 0) is 48.7 Å². The average molecular weight is 453 g/mol. The van der Waals surface area contributed by atoms with Crippen LogP contribution in [-0.4, -0.2) is 56.6 Å². The lowest BCUT2D eigenvalue weighted by molar-refractivity contribution is -0.155. The molecule has 1 saturated heterocycles. The molecular weight excluding hydrogens is 424 g/mol. The van der Waals surface area contributed by atoms with Gasteiger partial charge in [-0.3, -0.25) is 14.4 Å². The van der Waals surface area contributed by atoms with Gasteiger partial charge in [-0.2, -0.15) is 0 Å². The molecule has 0 spiro atoms. The lowest BCUT2D eigenvalue weighted by Crippen LogP contribution is -2.39. The number of methoxy groups -OCH3 is 2. The molecule has 2 heterocycles. The first-order valence-corrected chi connectivity index (χ1v) is 10.9. The van der Waals surface area contributed by atoms with Gasteiger partial charge in [0.15, 0.2) is 18.1 Å². The van der Waals surface area contributed by atoms with Crippen LogP contribution < -0.4 is 14.4 Å². The second-order valence-corrected chi connectivity index (χ2v) is 8.39. The monoisotopic (exact) mass is 452 g/mol. The molecule has 2 aromatic rings. The van der Waals surface area contributed by atoms with Gasteiger partial charge in [0.25, 0.3) is 5.91 Å². The van der Waals surface area contributed by atoms with Gasteiger partial charge in [0.2, 0.25) is 5.91 Å². The lowest BCUT2D eigenvalue weighted by Gasteiger charge is -2.29. The highest BCUT2D eigenvalue weighted by atomic mass is 16.5. The number of nitrogens with zero attached hydrogens (tertiary/aromatic N) is 2. The molecule has 8 heteroatoms. The summed E-state index contributed by atoms with van der Waals surface area (Å²) >= 11 is 0. The Morgan fingerprint density at radius 1 is 1.03 bits per heavy atom. The van der Waals surface area contributed by atoms with Crippen molar-refractivity contribution in [2.75, 3.05) is 38.8 Å². The van der Waals surface area contributed by atoms with Crippen molar-refractivity contribution in [3.63, 3.8) is 0 Å². The van der Waals surface area contributed by atoms with Gasteiger partial charge in [0, 0.05) is 31.7 Å². The average Bonchev–Trinajstić information content (AvgIpc) is 3.23. The van der Waals surface area contributed by atoms with Crippen LogP contribution in [0.5, 0.6) is 11.5 Å². The summed E-state index contributed by atoms with van der Waals surface area (Å²) in [5.41, 5.74) is 3.94. The van der Waals surface area contributed by atoms with Gasteiger partial charge >= 0.3 is 5.97 Å². The Kier molecular flexibility index (Phi) is 6.53. The lowest BCUT2D eigenvalue weighted by atomic mass is 9.99. The first-order valence-electron chi connectivity index (χ1n) is 10.9. The van der Waals surface area contributed by atoms with E-state index in [-0.39, 0.29) is 31.4 Å². The number of amides is 2. The first-order chi connectivity index (χ1) is 15.9. The molecule has 0 bridgehead atoms. The van der Waals surface area contributed by atoms with Gasteiger partial charge in [0.1, 0.15) is 0 Å². The molecule has 2 aliphatic rings. The Labute approximate surface area is 193 Å². The fourth-order valence-corrected chi connectivity index (χ4v) is 4.28. The molecule has 1 unspecified atom stereocenters. The van der Waals surface area contributed by atoms with Gasteiger partial charge in [0.05, 0.1) is 20.1 Å². The largest absolute Gasteiger partial charge is 0.493 e. The van der Waals surface area contributed by atoms with Crippen LogP contribution in [0.1, 0.15) is 23.1 Å². The third-order valence-electron chi connectivity index (χ3n) is 6.21. The van der Waals surface area contributed by atoms with Crippen molar-refractivity contribution in [3.05, 3.63) is 53.1 Å². The maximum absolute atomic E-state index is 12.7. The van der Waals surface area contributed by atoms with Crippen LogP contribution in [-0.2, 0) is 32.1 Å². The molecular formula is C25H28N2O6. The van der Waals surface area contributed by atoms with E-state index in [0.717, 1.165) is 22.4 Å². The second kappa shape index (κ2) is 9.52. The zero-order valence-corrected chi connectivity index (χ0v) is 19.1. The fourth-order valence-electron chi connectivity index (χ4n) is 4.28. The first kappa shape index (κ1) is 22.6. The number of aryl methyl sites for hydroxylation is 1. The summed E-state index contributed by atoms with van der Waals surface area (Å²) in [5, 5.41) is 0. The topological polar surface area (TPSA) is 85.4 Å². The van der Waals surface area contributed by atoms with Crippen molar-refractivity contribution in [2.45, 2.75) is 26.3 Å². The molecule has 174 valence electrons. The van der Waals surface area contributed by atoms with Crippen LogP contribution in [0, 0.1) is 12.8 Å². The standard InChI is InChI=1S/C25H28N2O6/c1-16-4-6-20(7-5-16)27-14-19(12-23(27)28)25(30)33-15-24(29)26-9-8-17-10-21(31-2)22(32-3)11-18(17)13-26/h4-7,10-11,19H,8-9,12-15H2,1-3H3. The van der Waals surface area contributed by atoms with Crippen molar-refractivity contribution in [2.24, 2.45) is 5.92 Å². The maximum atomic E-state index is 12.7. The molecule has 0 radical (unpaired) electrons. The van der Waals surface area contributed by atoms with Crippen LogP contribution in [0.25, 0.3) is 0 Å². The van der Waals surface area contributed by atoms with Crippen molar-refractivity contribution in [1.29, 1.82) is 0 Å². The maximum Gasteiger partial charge on any atom is 0.311 e. The van der Waals surface area contributed by atoms with E-state index in [1.54, 1.807) is 24.0 Å². The summed E-state index contributed by atoms with van der Waals surface area (Å²) in [5.74, 6) is -0.204. The number of ether oxygens (including phenoxy) is 3. The third kappa shape index (κ3) is 4.79. The number of anilines is 1. The van der Waals surface area contributed by atoms with Gasteiger partial charge in [-0.15, -0.1) is 0 Å². The number of carbonyl (C=O) groups excluding carboxylic acids is 3. The SMILES string of the molecule is COc1cc2c(cc1OC)CN(C(=O)COC(=O)C1CC(=O)N(c3ccc(C)cc3)C1)CC2. The summed E-state index contributed by atoms with van der Waals surface area (Å²) in [6.45, 7) is 2.84. The smallest absolute Gasteiger partial charge is 0.311 e. The van der Waals surface area contributed by atoms with E-state index in [1.807, 2.05) is 43.3 Å². The summed E-state index contributed by atoms with van der Waals surface area (Å²) in [6.07, 6.45) is 0.762. The van der Waals surface area contributed by atoms with Gasteiger partial charge < -0.3 is 24.0 Å². The van der Waals surface area contributed by atoms with Crippen molar-refractivity contribution < 1.29 is 28.6 Å². The molecule has 8 nitrogen and oxygen atoms in total. The Hall–Kier alpha value is -3.55. The highest BCUT2D eigenvalue weighted by Crippen LogP contribution is 2.33. The molecule has 1 fully saturated rings. The van der Waals surface area contributed by atoms with Crippen molar-refractivity contribution in [3.8, 4) is 11.5 Å². The predicted molar refractivity (Wildman–Crippen MR) is 121 cm³/mol. The van der Waals surface area contributed by atoms with Crippen LogP contribution >= 0.6 is 0 Å². The summed E-state index contributed by atoms with van der Waals surface area (Å²) in [4.78, 5) is 40.9. The summed E-state index contributed by atoms with van der Waals surface area (Å²) in [6, 6.07) is 11.4. The van der Waals surface area contributed by atoms with E-state index in [2.05, 4.69) is 0 Å². The fraction of sp³-hybridized carbons (Fsp3) is 0.400. The highest BCUT2D eigenvalue weighted by Gasteiger charge is 2.36. The Morgan fingerprint density at radius 3 is 2.36 bits per heavy atom. The van der Waals surface area contributed by atoms with Crippen molar-refractivity contribution >= 4 is 23.5 Å². The minimum atomic E-state index is -0.578. The number of carbonyl (C=O) groups is 3. The van der Waals surface area contributed by atoms with Crippen LogP contribution in [0.3, 0.4) is 0 Å². The molecule has 0 aromatic heterocycles. The third-order valence-corrected chi connectivity index (χ3v) is 6.21. The van der Waals surface area contributed by atoms with Crippen LogP contribution in [0.2, 0.25) is 0 Å². The van der Waals surface area contributed by atoms with E-state index in [9.17, 15) is 14.4 Å². The summed E-state index contributed by atoms with van der Waals surface area (Å²) < 4.78 is 16.0. The Morgan fingerprint density at radius 2 is 1.70 bits per heavy atom. The number of fused-ring (bicyclic) bond motifs is 1. The second-order valence-electron chi connectivity index (χ2n) is 8.39. The quantitative estimate of drug-likeness (QED) is 0.626. The van der Waals surface area contributed by atoms with Gasteiger partial charge in [-0.1, -0.05) is 17.7 Å². The molecule has 4 rings (SSSR count). The van der Waals surface area contributed by atoms with Crippen LogP contribution in [0.4, 0.5) is 5.69 Å². The molecule has 1 atom stereocenters. The van der Waals surface area contributed by atoms with Gasteiger partial charge in [-0.25, -0.2) is 0 Å². The normalized spacial score (nSPS) is 17.5. The molecule has 0 saturated carbocycles. The molecule has 2 aromatic carbocycles. The van der Waals surface area contributed by atoms with E-state index in [0.29, 0.717) is 31.0 Å². The minimum Gasteiger partial charge on any atom is -0.493 e. The predicted octanol–water partition coefficient (Wildman–Crippen LogP) is 2.49. The number of hydrogen-bond acceptors (Lipinski definition) is 6. The number of esters is 1. The van der Waals surface area contributed by atoms with E-state index in [4.69, 9.17) is 14.2 Å². The van der Waals surface area contributed by atoms with Crippen LogP contribution in [0.15, 0.2) is 36.4 Å². The van der Waals surface area contributed by atoms with Crippen molar-refractivity contribution in [1.82, 2.24) is 4.90 Å². The molecule has 33 heavy (non-hydrogen) atoms. The highest BCUT2D eigenvalue weighted by molar-refractivity contribution is 5.99. The molecule has 2 aliphatic heterocycles. The Bertz CT molecular complexity index is 1070. The summed E-state index contributed by atoms with van der Waals surface area (Å²) in [7, 11) is 3.17. The number of rotatable bonds is 6. The minimum absolute atomic E-state index is 0.0830. The zero-order chi connectivity index (χ0) is 23.5. The molecule has 0 N–H and O–H groups in total. The van der Waals surface area contributed by atoms with E-state index >= 15 is 0 Å². The van der Waals surface area contributed by atoms with E-state index in [1.165, 1.54) is 0 Å². The number of benzene rings is 2. The van der Waals surface area contributed by atoms with E-state index < -0.39 is 11.9 Å². The number of hydrogen-bond donors (Lipinski definition) is 0. The zero-order valence-electron chi connectivity index (χ0n) is 19.1. The molecule has 2 amide bonds. The Balaban J connectivity index is 1.32.